The molecule has 0 unspecified atom stereocenters. The standard InChI is InChI=1S/C9H9ClN2O2/c1-5-8(14-9(13)11-5)6-3-2-4-7(10)12-6/h2-5,8H,1H3,(H,11,13)/t5-,8-/m0/s1. The molecule has 4 nitrogen and oxygen atoms in total. The van der Waals surface area contributed by atoms with Crippen LogP contribution in [0.1, 0.15) is 18.7 Å². The Morgan fingerprint density at radius 3 is 2.93 bits per heavy atom. The van der Waals surface area contributed by atoms with Gasteiger partial charge in [-0.3, -0.25) is 0 Å². The van der Waals surface area contributed by atoms with Gasteiger partial charge in [-0.1, -0.05) is 17.7 Å². The largest absolute Gasteiger partial charge is 0.438 e. The third-order valence-corrected chi connectivity index (χ3v) is 2.27. The molecule has 14 heavy (non-hydrogen) atoms. The molecule has 1 fully saturated rings. The third-order valence-electron chi connectivity index (χ3n) is 2.06. The zero-order valence-corrected chi connectivity index (χ0v) is 8.28. The quantitative estimate of drug-likeness (QED) is 0.724. The first-order valence-corrected chi connectivity index (χ1v) is 4.64. The Morgan fingerprint density at radius 2 is 2.36 bits per heavy atom. The van der Waals surface area contributed by atoms with Crippen LogP contribution >= 0.6 is 11.6 Å². The van der Waals surface area contributed by atoms with Gasteiger partial charge in [-0.15, -0.1) is 0 Å². The van der Waals surface area contributed by atoms with Crippen molar-refractivity contribution in [2.45, 2.75) is 19.1 Å². The van der Waals surface area contributed by atoms with Crippen LogP contribution in [0.4, 0.5) is 4.79 Å². The van der Waals surface area contributed by atoms with E-state index in [1.165, 1.54) is 0 Å². The highest BCUT2D eigenvalue weighted by molar-refractivity contribution is 6.29. The summed E-state index contributed by atoms with van der Waals surface area (Å²) in [4.78, 5) is 15.0. The monoisotopic (exact) mass is 212 g/mol. The van der Waals surface area contributed by atoms with Gasteiger partial charge >= 0.3 is 6.09 Å². The molecule has 1 amide bonds. The molecule has 2 heterocycles. The Labute approximate surface area is 86.2 Å². The van der Waals surface area contributed by atoms with E-state index in [1.807, 2.05) is 6.92 Å². The van der Waals surface area contributed by atoms with Crippen LogP contribution in [0.3, 0.4) is 0 Å². The van der Waals surface area contributed by atoms with Gasteiger partial charge in [0.15, 0.2) is 6.10 Å². The number of rotatable bonds is 1. The lowest BCUT2D eigenvalue weighted by atomic mass is 10.1. The Hall–Kier alpha value is -1.29. The second-order valence-corrected chi connectivity index (χ2v) is 3.53. The number of carbonyl (C=O) groups excluding carboxylic acids is 1. The molecule has 5 heteroatoms. The topological polar surface area (TPSA) is 51.2 Å². The first kappa shape index (κ1) is 9.27. The van der Waals surface area contributed by atoms with Crippen molar-refractivity contribution in [3.05, 3.63) is 29.0 Å². The molecular weight excluding hydrogens is 204 g/mol. The summed E-state index contributed by atoms with van der Waals surface area (Å²) in [5, 5.41) is 3.04. The smallest absolute Gasteiger partial charge is 0.408 e. The molecule has 0 spiro atoms. The predicted molar refractivity (Wildman–Crippen MR) is 51.1 cm³/mol. The van der Waals surface area contributed by atoms with Gasteiger partial charge in [-0.2, -0.15) is 0 Å². The molecule has 1 aliphatic heterocycles. The van der Waals surface area contributed by atoms with E-state index in [4.69, 9.17) is 16.3 Å². The van der Waals surface area contributed by atoms with Gasteiger partial charge in [0, 0.05) is 0 Å². The lowest BCUT2D eigenvalue weighted by molar-refractivity contribution is 0.131. The van der Waals surface area contributed by atoms with E-state index in [2.05, 4.69) is 10.3 Å². The number of cyclic esters (lactones) is 1. The summed E-state index contributed by atoms with van der Waals surface area (Å²) in [5.74, 6) is 0. The highest BCUT2D eigenvalue weighted by Gasteiger charge is 2.32. The number of nitrogens with one attached hydrogen (secondary N) is 1. The number of alkyl carbamates (subject to hydrolysis) is 1. The Kier molecular flexibility index (Phi) is 2.29. The van der Waals surface area contributed by atoms with Gasteiger partial charge in [0.2, 0.25) is 0 Å². The van der Waals surface area contributed by atoms with Crippen LogP contribution in [0, 0.1) is 0 Å². The zero-order valence-electron chi connectivity index (χ0n) is 7.53. The zero-order chi connectivity index (χ0) is 10.1. The maximum Gasteiger partial charge on any atom is 0.408 e. The minimum atomic E-state index is -0.413. The number of hydrogen-bond donors (Lipinski definition) is 1. The van der Waals surface area contributed by atoms with Crippen LogP contribution in [0.15, 0.2) is 18.2 Å². The molecule has 2 atom stereocenters. The third kappa shape index (κ3) is 1.65. The lowest BCUT2D eigenvalue weighted by Crippen LogP contribution is -2.24. The van der Waals surface area contributed by atoms with E-state index in [0.717, 1.165) is 0 Å². The van der Waals surface area contributed by atoms with Crippen LogP contribution in [-0.2, 0) is 4.74 Å². The second kappa shape index (κ2) is 3.46. The van der Waals surface area contributed by atoms with Crippen molar-refractivity contribution < 1.29 is 9.53 Å². The second-order valence-electron chi connectivity index (χ2n) is 3.14. The number of pyridine rings is 1. The minimum absolute atomic E-state index is 0.0755. The molecule has 1 N–H and O–H groups in total. The average Bonchev–Trinajstić information content (AvgIpc) is 2.45. The molecule has 0 saturated carbocycles. The van der Waals surface area contributed by atoms with E-state index in [0.29, 0.717) is 10.8 Å². The van der Waals surface area contributed by atoms with Crippen LogP contribution in [0.25, 0.3) is 0 Å². The normalized spacial score (nSPS) is 25.7. The predicted octanol–water partition coefficient (Wildman–Crippen LogP) is 1.90. The summed E-state index contributed by atoms with van der Waals surface area (Å²) < 4.78 is 5.04. The number of amides is 1. The summed E-state index contributed by atoms with van der Waals surface area (Å²) in [7, 11) is 0. The highest BCUT2D eigenvalue weighted by atomic mass is 35.5. The molecule has 1 saturated heterocycles. The molecule has 1 aromatic heterocycles. The molecule has 2 rings (SSSR count). The molecular formula is C9H9ClN2O2. The lowest BCUT2D eigenvalue weighted by Gasteiger charge is -2.11. The summed E-state index contributed by atoms with van der Waals surface area (Å²) in [6.07, 6.45) is -0.759. The Balaban J connectivity index is 2.27. The maximum absolute atomic E-state index is 10.9. The molecule has 1 aromatic rings. The number of nitrogens with zero attached hydrogens (tertiary/aromatic N) is 1. The molecule has 1 aliphatic rings. The van der Waals surface area contributed by atoms with Gasteiger partial charge in [0.1, 0.15) is 5.15 Å². The summed E-state index contributed by atoms with van der Waals surface area (Å²) in [5.41, 5.74) is 0.670. The maximum atomic E-state index is 10.9. The fraction of sp³-hybridized carbons (Fsp3) is 0.333. The first-order chi connectivity index (χ1) is 6.66. The van der Waals surface area contributed by atoms with E-state index < -0.39 is 6.09 Å². The SMILES string of the molecule is C[C@@H]1NC(=O)O[C@@H]1c1cccc(Cl)n1. The Morgan fingerprint density at radius 1 is 1.57 bits per heavy atom. The van der Waals surface area contributed by atoms with Crippen molar-refractivity contribution in [1.29, 1.82) is 0 Å². The molecule has 0 radical (unpaired) electrons. The van der Waals surface area contributed by atoms with Gasteiger partial charge in [0.05, 0.1) is 11.7 Å². The van der Waals surface area contributed by atoms with Crippen LogP contribution in [0.5, 0.6) is 0 Å². The molecule has 0 bridgehead atoms. The number of ether oxygens (including phenoxy) is 1. The van der Waals surface area contributed by atoms with Crippen molar-refractivity contribution in [3.63, 3.8) is 0 Å². The number of halogens is 1. The molecule has 74 valence electrons. The van der Waals surface area contributed by atoms with Crippen molar-refractivity contribution in [2.24, 2.45) is 0 Å². The van der Waals surface area contributed by atoms with E-state index >= 15 is 0 Å². The first-order valence-electron chi connectivity index (χ1n) is 4.26. The number of hydrogen-bond acceptors (Lipinski definition) is 3. The van der Waals surface area contributed by atoms with Crippen molar-refractivity contribution in [2.75, 3.05) is 0 Å². The summed E-state index contributed by atoms with van der Waals surface area (Å²) in [6.45, 7) is 1.86. The minimum Gasteiger partial charge on any atom is -0.438 e. The van der Waals surface area contributed by atoms with Gasteiger partial charge in [0.25, 0.3) is 0 Å². The van der Waals surface area contributed by atoms with Crippen LogP contribution in [0.2, 0.25) is 5.15 Å². The van der Waals surface area contributed by atoms with Crippen molar-refractivity contribution in [1.82, 2.24) is 10.3 Å². The van der Waals surface area contributed by atoms with Crippen LogP contribution < -0.4 is 5.32 Å². The Bertz CT molecular complexity index is 370. The van der Waals surface area contributed by atoms with Crippen LogP contribution in [-0.4, -0.2) is 17.1 Å². The molecule has 0 aliphatic carbocycles. The summed E-state index contributed by atoms with van der Waals surface area (Å²) >= 11 is 5.74. The van der Waals surface area contributed by atoms with Gasteiger partial charge < -0.3 is 10.1 Å². The van der Waals surface area contributed by atoms with Crippen molar-refractivity contribution >= 4 is 17.7 Å². The van der Waals surface area contributed by atoms with E-state index in [1.54, 1.807) is 18.2 Å². The highest BCUT2D eigenvalue weighted by Crippen LogP contribution is 2.25. The van der Waals surface area contributed by atoms with Gasteiger partial charge in [-0.25, -0.2) is 9.78 Å². The average molecular weight is 213 g/mol. The van der Waals surface area contributed by atoms with Crippen molar-refractivity contribution in [3.8, 4) is 0 Å². The number of aromatic nitrogens is 1. The fourth-order valence-corrected chi connectivity index (χ4v) is 1.58. The van der Waals surface area contributed by atoms with E-state index in [9.17, 15) is 4.79 Å². The number of carbonyl (C=O) groups is 1. The molecule has 0 aromatic carbocycles. The summed E-state index contributed by atoms with van der Waals surface area (Å²) in [6, 6.07) is 5.17. The van der Waals surface area contributed by atoms with E-state index in [-0.39, 0.29) is 12.1 Å². The van der Waals surface area contributed by atoms with Gasteiger partial charge in [-0.05, 0) is 19.1 Å². The fourth-order valence-electron chi connectivity index (χ4n) is 1.41.